The molecule has 0 radical (unpaired) electrons. The first-order valence-corrected chi connectivity index (χ1v) is 8.48. The number of benzene rings is 1. The number of amides is 1. The van der Waals surface area contributed by atoms with Gasteiger partial charge in [-0.2, -0.15) is 0 Å². The second-order valence-corrected chi connectivity index (χ2v) is 6.16. The van der Waals surface area contributed by atoms with Gasteiger partial charge in [0, 0.05) is 18.4 Å². The van der Waals surface area contributed by atoms with E-state index in [1.54, 1.807) is 21.6 Å². The molecular weight excluding hydrogens is 322 g/mol. The van der Waals surface area contributed by atoms with Gasteiger partial charge in [-0.05, 0) is 50.1 Å². The third kappa shape index (κ3) is 2.89. The van der Waals surface area contributed by atoms with Crippen LogP contribution in [-0.4, -0.2) is 21.8 Å². The minimum atomic E-state index is -0.0604. The molecule has 0 bridgehead atoms. The zero-order valence-electron chi connectivity index (χ0n) is 14.1. The fourth-order valence-corrected chi connectivity index (χ4v) is 3.07. The van der Waals surface area contributed by atoms with E-state index >= 15 is 0 Å². The molecule has 0 N–H and O–H groups in total. The quantitative estimate of drug-likeness (QED) is 0.699. The summed E-state index contributed by atoms with van der Waals surface area (Å²) in [6.45, 7) is 6.58. The van der Waals surface area contributed by atoms with E-state index < -0.39 is 0 Å². The molecule has 0 unspecified atom stereocenters. The van der Waals surface area contributed by atoms with Crippen LogP contribution in [0.2, 0.25) is 5.02 Å². The van der Waals surface area contributed by atoms with Crippen molar-refractivity contribution in [1.82, 2.24) is 9.38 Å². The van der Waals surface area contributed by atoms with Gasteiger partial charge < -0.3 is 4.90 Å². The van der Waals surface area contributed by atoms with Gasteiger partial charge in [0.25, 0.3) is 5.91 Å². The van der Waals surface area contributed by atoms with E-state index in [1.165, 1.54) is 0 Å². The smallest absolute Gasteiger partial charge is 0.277 e. The number of pyridine rings is 1. The van der Waals surface area contributed by atoms with Crippen molar-refractivity contribution in [2.45, 2.75) is 27.2 Å². The lowest BCUT2D eigenvalue weighted by Crippen LogP contribution is -2.32. The van der Waals surface area contributed by atoms with Gasteiger partial charge in [-0.25, -0.2) is 4.98 Å². The number of imidazole rings is 1. The Morgan fingerprint density at radius 3 is 2.71 bits per heavy atom. The summed E-state index contributed by atoms with van der Waals surface area (Å²) in [6.07, 6.45) is 2.44. The summed E-state index contributed by atoms with van der Waals surface area (Å²) in [7, 11) is 0. The van der Waals surface area contributed by atoms with Crippen molar-refractivity contribution in [3.05, 3.63) is 64.6 Å². The van der Waals surface area contributed by atoms with Crippen LogP contribution in [0.15, 0.2) is 42.6 Å². The highest BCUT2D eigenvalue weighted by atomic mass is 35.5. The molecule has 0 saturated carbocycles. The summed E-state index contributed by atoms with van der Waals surface area (Å²) in [5, 5.41) is 0.579. The molecule has 2 heterocycles. The molecule has 0 aliphatic rings. The first-order valence-electron chi connectivity index (χ1n) is 8.10. The fourth-order valence-electron chi connectivity index (χ4n) is 2.91. The summed E-state index contributed by atoms with van der Waals surface area (Å²) < 4.78 is 1.79. The Labute approximate surface area is 146 Å². The molecule has 4 nitrogen and oxygen atoms in total. The number of halogens is 1. The van der Waals surface area contributed by atoms with Gasteiger partial charge in [-0.15, -0.1) is 0 Å². The summed E-state index contributed by atoms with van der Waals surface area (Å²) in [5.74, 6) is -0.0604. The predicted octanol–water partition coefficient (Wildman–Crippen LogP) is 4.53. The van der Waals surface area contributed by atoms with Crippen LogP contribution in [0.4, 0.5) is 5.69 Å². The molecule has 0 spiro atoms. The summed E-state index contributed by atoms with van der Waals surface area (Å²) >= 11 is 6.13. The second kappa shape index (κ2) is 6.65. The first kappa shape index (κ1) is 16.5. The number of anilines is 1. The predicted molar refractivity (Wildman–Crippen MR) is 98.1 cm³/mol. The van der Waals surface area contributed by atoms with E-state index in [-0.39, 0.29) is 5.91 Å². The molecular formula is C19H20ClN3O. The molecule has 0 aliphatic carbocycles. The van der Waals surface area contributed by atoms with Crippen LogP contribution < -0.4 is 4.90 Å². The van der Waals surface area contributed by atoms with Gasteiger partial charge in [-0.3, -0.25) is 9.20 Å². The Morgan fingerprint density at radius 1 is 1.25 bits per heavy atom. The lowest BCUT2D eigenvalue weighted by molar-refractivity contribution is 0.0981. The Bertz CT molecular complexity index is 901. The SMILES string of the molecule is CCc1nc2ccc(Cl)cn2c1C(=O)N(CC)c1cccc(C)c1. The van der Waals surface area contributed by atoms with Gasteiger partial charge in [0.2, 0.25) is 0 Å². The number of hydrogen-bond acceptors (Lipinski definition) is 2. The van der Waals surface area contributed by atoms with Crippen molar-refractivity contribution in [3.8, 4) is 0 Å². The average Bonchev–Trinajstić information content (AvgIpc) is 2.93. The van der Waals surface area contributed by atoms with Crippen LogP contribution in [0.25, 0.3) is 5.65 Å². The zero-order valence-corrected chi connectivity index (χ0v) is 14.8. The highest BCUT2D eigenvalue weighted by Crippen LogP contribution is 2.23. The molecule has 1 aromatic carbocycles. The number of rotatable bonds is 4. The number of aromatic nitrogens is 2. The Morgan fingerprint density at radius 2 is 2.04 bits per heavy atom. The third-order valence-corrected chi connectivity index (χ3v) is 4.29. The van der Waals surface area contributed by atoms with Gasteiger partial charge >= 0.3 is 0 Å². The Hall–Kier alpha value is -2.33. The van der Waals surface area contributed by atoms with E-state index in [0.29, 0.717) is 23.7 Å². The van der Waals surface area contributed by atoms with Gasteiger partial charge in [0.05, 0.1) is 10.7 Å². The Kier molecular flexibility index (Phi) is 4.58. The van der Waals surface area contributed by atoms with E-state index in [0.717, 1.165) is 22.6 Å². The monoisotopic (exact) mass is 341 g/mol. The maximum atomic E-state index is 13.3. The summed E-state index contributed by atoms with van der Waals surface area (Å²) in [5.41, 5.74) is 4.11. The van der Waals surface area contributed by atoms with Crippen LogP contribution >= 0.6 is 11.6 Å². The van der Waals surface area contributed by atoms with E-state index in [4.69, 9.17) is 11.6 Å². The molecule has 24 heavy (non-hydrogen) atoms. The fraction of sp³-hybridized carbons (Fsp3) is 0.263. The number of carbonyl (C=O) groups is 1. The minimum absolute atomic E-state index is 0.0604. The molecule has 1 amide bonds. The van der Waals surface area contributed by atoms with Crippen LogP contribution in [0, 0.1) is 6.92 Å². The highest BCUT2D eigenvalue weighted by molar-refractivity contribution is 6.30. The van der Waals surface area contributed by atoms with Gasteiger partial charge in [-0.1, -0.05) is 30.7 Å². The van der Waals surface area contributed by atoms with Crippen molar-refractivity contribution in [1.29, 1.82) is 0 Å². The molecule has 2 aromatic heterocycles. The number of aryl methyl sites for hydroxylation is 2. The van der Waals surface area contributed by atoms with Crippen LogP contribution in [0.5, 0.6) is 0 Å². The largest absolute Gasteiger partial charge is 0.307 e. The number of nitrogens with zero attached hydrogens (tertiary/aromatic N) is 3. The van der Waals surface area contributed by atoms with E-state index in [9.17, 15) is 4.79 Å². The highest BCUT2D eigenvalue weighted by Gasteiger charge is 2.24. The molecule has 0 atom stereocenters. The van der Waals surface area contributed by atoms with Crippen LogP contribution in [-0.2, 0) is 6.42 Å². The average molecular weight is 342 g/mol. The first-order chi connectivity index (χ1) is 11.5. The topological polar surface area (TPSA) is 37.6 Å². The van der Waals surface area contributed by atoms with Crippen LogP contribution in [0.1, 0.15) is 35.6 Å². The molecule has 0 saturated heterocycles. The molecule has 3 rings (SSSR count). The van der Waals surface area contributed by atoms with E-state index in [2.05, 4.69) is 4.98 Å². The van der Waals surface area contributed by atoms with Crippen molar-refractivity contribution < 1.29 is 4.79 Å². The van der Waals surface area contributed by atoms with Gasteiger partial charge in [0.15, 0.2) is 0 Å². The second-order valence-electron chi connectivity index (χ2n) is 5.72. The standard InChI is InChI=1S/C19H20ClN3O/c1-4-16-18(23-12-14(20)9-10-17(23)21-16)19(24)22(5-2)15-8-6-7-13(3)11-15/h6-12H,4-5H2,1-3H3. The van der Waals surface area contributed by atoms with Crippen molar-refractivity contribution >= 4 is 28.8 Å². The number of carbonyl (C=O) groups excluding carboxylic acids is 1. The van der Waals surface area contributed by atoms with Gasteiger partial charge in [0.1, 0.15) is 11.3 Å². The Balaban J connectivity index is 2.14. The van der Waals surface area contributed by atoms with Crippen LogP contribution in [0.3, 0.4) is 0 Å². The molecule has 124 valence electrons. The zero-order chi connectivity index (χ0) is 17.3. The molecule has 5 heteroatoms. The van der Waals surface area contributed by atoms with E-state index in [1.807, 2.05) is 51.1 Å². The number of fused-ring (bicyclic) bond motifs is 1. The maximum absolute atomic E-state index is 13.3. The lowest BCUT2D eigenvalue weighted by Gasteiger charge is -2.22. The summed E-state index contributed by atoms with van der Waals surface area (Å²) in [4.78, 5) is 19.6. The molecule has 3 aromatic rings. The third-order valence-electron chi connectivity index (χ3n) is 4.07. The maximum Gasteiger partial charge on any atom is 0.277 e. The molecule has 0 aliphatic heterocycles. The van der Waals surface area contributed by atoms with Crippen molar-refractivity contribution in [3.63, 3.8) is 0 Å². The molecule has 0 fully saturated rings. The van der Waals surface area contributed by atoms with Crippen molar-refractivity contribution in [2.75, 3.05) is 11.4 Å². The minimum Gasteiger partial charge on any atom is -0.307 e. The lowest BCUT2D eigenvalue weighted by atomic mass is 10.2. The normalized spacial score (nSPS) is 11.0. The number of hydrogen-bond donors (Lipinski definition) is 0. The van der Waals surface area contributed by atoms with Crippen molar-refractivity contribution in [2.24, 2.45) is 0 Å². The summed E-state index contributed by atoms with van der Waals surface area (Å²) in [6, 6.07) is 11.6.